The summed E-state index contributed by atoms with van der Waals surface area (Å²) in [7, 11) is -3.65. The molecule has 1 atom stereocenters. The summed E-state index contributed by atoms with van der Waals surface area (Å²) in [5, 5.41) is 8.75. The number of halogens is 1. The number of hydrogen-bond donors (Lipinski definition) is 2. The molecular formula is C15H20ClNO3S. The molecule has 0 saturated heterocycles. The van der Waals surface area contributed by atoms with Crippen LogP contribution in [0.1, 0.15) is 32.8 Å². The third-order valence-electron chi connectivity index (χ3n) is 2.71. The van der Waals surface area contributed by atoms with Gasteiger partial charge in [0.2, 0.25) is 10.0 Å². The van der Waals surface area contributed by atoms with Crippen LogP contribution >= 0.6 is 11.6 Å². The van der Waals surface area contributed by atoms with Crippen molar-refractivity contribution in [1.82, 2.24) is 4.72 Å². The number of aliphatic hydroxyl groups is 1. The first-order valence-electron chi connectivity index (χ1n) is 6.68. The second-order valence-electron chi connectivity index (χ2n) is 5.26. The van der Waals surface area contributed by atoms with Crippen LogP contribution in [0.2, 0.25) is 5.02 Å². The van der Waals surface area contributed by atoms with Gasteiger partial charge in [-0.3, -0.25) is 0 Å². The summed E-state index contributed by atoms with van der Waals surface area (Å²) in [5.74, 6) is 5.56. The fourth-order valence-corrected chi connectivity index (χ4v) is 3.82. The summed E-state index contributed by atoms with van der Waals surface area (Å²) < 4.78 is 27.2. The van der Waals surface area contributed by atoms with Crippen molar-refractivity contribution in [3.05, 3.63) is 28.8 Å². The Morgan fingerprint density at radius 1 is 1.33 bits per heavy atom. The predicted molar refractivity (Wildman–Crippen MR) is 84.7 cm³/mol. The van der Waals surface area contributed by atoms with Gasteiger partial charge in [0.25, 0.3) is 0 Å². The maximum atomic E-state index is 12.3. The Kier molecular flexibility index (Phi) is 6.69. The Bertz CT molecular complexity index is 645. The maximum absolute atomic E-state index is 12.3. The van der Waals surface area contributed by atoms with Crippen LogP contribution in [0.15, 0.2) is 23.1 Å². The van der Waals surface area contributed by atoms with Gasteiger partial charge in [-0.15, -0.1) is 0 Å². The van der Waals surface area contributed by atoms with Crippen molar-refractivity contribution >= 4 is 21.6 Å². The minimum absolute atomic E-state index is 0.0364. The zero-order valence-corrected chi connectivity index (χ0v) is 13.9. The van der Waals surface area contributed by atoms with Crippen LogP contribution in [-0.4, -0.2) is 26.2 Å². The van der Waals surface area contributed by atoms with E-state index in [1.54, 1.807) is 6.07 Å². The molecule has 0 spiro atoms. The van der Waals surface area contributed by atoms with Gasteiger partial charge in [-0.1, -0.05) is 37.3 Å². The van der Waals surface area contributed by atoms with Gasteiger partial charge in [-0.25, -0.2) is 13.1 Å². The van der Waals surface area contributed by atoms with E-state index in [4.69, 9.17) is 16.7 Å². The molecule has 0 bridgehead atoms. The lowest BCUT2D eigenvalue weighted by molar-refractivity contribution is 0.350. The molecule has 116 valence electrons. The van der Waals surface area contributed by atoms with E-state index in [2.05, 4.69) is 16.6 Å². The molecule has 0 radical (unpaired) electrons. The molecule has 0 saturated carbocycles. The van der Waals surface area contributed by atoms with Crippen LogP contribution < -0.4 is 4.72 Å². The Morgan fingerprint density at radius 2 is 2.00 bits per heavy atom. The van der Waals surface area contributed by atoms with E-state index >= 15 is 0 Å². The van der Waals surface area contributed by atoms with Crippen LogP contribution in [0.5, 0.6) is 0 Å². The van der Waals surface area contributed by atoms with Crippen LogP contribution in [0.4, 0.5) is 0 Å². The monoisotopic (exact) mass is 329 g/mol. The number of nitrogens with one attached hydrogen (secondary N) is 1. The van der Waals surface area contributed by atoms with E-state index in [1.807, 2.05) is 20.8 Å². The lowest BCUT2D eigenvalue weighted by atomic mass is 10.1. The summed E-state index contributed by atoms with van der Waals surface area (Å²) in [6.45, 7) is 5.64. The third-order valence-corrected chi connectivity index (χ3v) is 4.79. The molecule has 0 aliphatic carbocycles. The van der Waals surface area contributed by atoms with Gasteiger partial charge in [0.1, 0.15) is 11.5 Å². The van der Waals surface area contributed by atoms with E-state index in [9.17, 15) is 8.42 Å². The van der Waals surface area contributed by atoms with Crippen molar-refractivity contribution in [3.63, 3.8) is 0 Å². The minimum Gasteiger partial charge on any atom is -0.384 e. The second kappa shape index (κ2) is 7.81. The van der Waals surface area contributed by atoms with Crippen molar-refractivity contribution in [2.45, 2.75) is 38.1 Å². The highest BCUT2D eigenvalue weighted by Gasteiger charge is 2.20. The average Bonchev–Trinajstić information content (AvgIpc) is 2.34. The highest BCUT2D eigenvalue weighted by molar-refractivity contribution is 7.89. The number of sulfonamides is 1. The summed E-state index contributed by atoms with van der Waals surface area (Å²) >= 11 is 6.03. The van der Waals surface area contributed by atoms with Crippen LogP contribution in [0.3, 0.4) is 0 Å². The summed E-state index contributed by atoms with van der Waals surface area (Å²) in [4.78, 5) is 0.0364. The Morgan fingerprint density at radius 3 is 2.52 bits per heavy atom. The molecule has 4 nitrogen and oxygen atoms in total. The molecule has 0 amide bonds. The average molecular weight is 330 g/mol. The fourth-order valence-electron chi connectivity index (χ4n) is 2.02. The van der Waals surface area contributed by atoms with Gasteiger partial charge < -0.3 is 5.11 Å². The first kappa shape index (κ1) is 18.0. The predicted octanol–water partition coefficient (Wildman–Crippen LogP) is 2.40. The molecule has 1 aromatic carbocycles. The maximum Gasteiger partial charge on any atom is 0.242 e. The Balaban J connectivity index is 2.98. The van der Waals surface area contributed by atoms with E-state index in [1.165, 1.54) is 12.1 Å². The SMILES string of the molecule is CC(C)CC(C)NS(=O)(=O)c1ccc(C#CCO)cc1Cl. The summed E-state index contributed by atoms with van der Waals surface area (Å²) in [5.41, 5.74) is 0.559. The molecule has 0 aromatic heterocycles. The molecule has 21 heavy (non-hydrogen) atoms. The van der Waals surface area contributed by atoms with E-state index in [-0.39, 0.29) is 22.6 Å². The quantitative estimate of drug-likeness (QED) is 0.815. The number of rotatable bonds is 5. The first-order valence-corrected chi connectivity index (χ1v) is 8.54. The number of aliphatic hydroxyl groups excluding tert-OH is 1. The largest absolute Gasteiger partial charge is 0.384 e. The first-order chi connectivity index (χ1) is 9.76. The molecule has 0 aliphatic rings. The molecule has 0 heterocycles. The van der Waals surface area contributed by atoms with Gasteiger partial charge >= 0.3 is 0 Å². The second-order valence-corrected chi connectivity index (χ2v) is 7.35. The van der Waals surface area contributed by atoms with Crippen molar-refractivity contribution in [2.75, 3.05) is 6.61 Å². The van der Waals surface area contributed by atoms with Crippen molar-refractivity contribution in [1.29, 1.82) is 0 Å². The van der Waals surface area contributed by atoms with Gasteiger partial charge in [0.05, 0.1) is 5.02 Å². The third kappa shape index (κ3) is 5.68. The minimum atomic E-state index is -3.65. The molecule has 1 rings (SSSR count). The van der Waals surface area contributed by atoms with Crippen LogP contribution in [0, 0.1) is 17.8 Å². The number of hydrogen-bond acceptors (Lipinski definition) is 3. The normalized spacial score (nSPS) is 12.9. The smallest absolute Gasteiger partial charge is 0.242 e. The highest BCUT2D eigenvalue weighted by Crippen LogP contribution is 2.23. The van der Waals surface area contributed by atoms with E-state index in [0.29, 0.717) is 11.5 Å². The lowest BCUT2D eigenvalue weighted by Crippen LogP contribution is -2.33. The van der Waals surface area contributed by atoms with Crippen LogP contribution in [-0.2, 0) is 10.0 Å². The zero-order chi connectivity index (χ0) is 16.0. The topological polar surface area (TPSA) is 66.4 Å². The van der Waals surface area contributed by atoms with Crippen molar-refractivity contribution in [3.8, 4) is 11.8 Å². The molecular weight excluding hydrogens is 310 g/mol. The molecule has 2 N–H and O–H groups in total. The van der Waals surface area contributed by atoms with Crippen molar-refractivity contribution < 1.29 is 13.5 Å². The Labute approximate surface area is 131 Å². The summed E-state index contributed by atoms with van der Waals surface area (Å²) in [6, 6.07) is 4.30. The number of benzene rings is 1. The molecule has 0 fully saturated rings. The zero-order valence-electron chi connectivity index (χ0n) is 12.4. The van der Waals surface area contributed by atoms with Crippen molar-refractivity contribution in [2.24, 2.45) is 5.92 Å². The highest BCUT2D eigenvalue weighted by atomic mass is 35.5. The van der Waals surface area contributed by atoms with E-state index < -0.39 is 10.0 Å². The van der Waals surface area contributed by atoms with Gasteiger partial charge in [-0.2, -0.15) is 0 Å². The van der Waals surface area contributed by atoms with Gasteiger partial charge in [0.15, 0.2) is 0 Å². The molecule has 1 unspecified atom stereocenters. The fraction of sp³-hybridized carbons (Fsp3) is 0.467. The Hall–Kier alpha value is -1.06. The molecule has 1 aromatic rings. The van der Waals surface area contributed by atoms with Gasteiger partial charge in [0, 0.05) is 11.6 Å². The molecule has 0 aliphatic heterocycles. The lowest BCUT2D eigenvalue weighted by Gasteiger charge is -2.16. The molecule has 6 heteroatoms. The van der Waals surface area contributed by atoms with Gasteiger partial charge in [-0.05, 0) is 37.5 Å². The van der Waals surface area contributed by atoms with E-state index in [0.717, 1.165) is 6.42 Å². The van der Waals surface area contributed by atoms with Crippen LogP contribution in [0.25, 0.3) is 0 Å². The summed E-state index contributed by atoms with van der Waals surface area (Å²) in [6.07, 6.45) is 0.747. The standard InChI is InChI=1S/C15H20ClNO3S/c1-11(2)9-12(3)17-21(19,20)15-7-6-13(5-4-8-18)10-14(15)16/h6-7,10-12,17-18H,8-9H2,1-3H3.